The van der Waals surface area contributed by atoms with E-state index in [0.29, 0.717) is 24.2 Å². The van der Waals surface area contributed by atoms with Crippen molar-refractivity contribution in [2.45, 2.75) is 34.1 Å². The van der Waals surface area contributed by atoms with Gasteiger partial charge in [0.2, 0.25) is 0 Å². The molecule has 108 valence electrons. The van der Waals surface area contributed by atoms with Crippen molar-refractivity contribution >= 4 is 0 Å². The third-order valence-electron chi connectivity index (χ3n) is 3.32. The zero-order chi connectivity index (χ0) is 14.4. The lowest BCUT2D eigenvalue weighted by Gasteiger charge is -2.22. The first kappa shape index (κ1) is 16.1. The fourth-order valence-electron chi connectivity index (χ4n) is 2.13. The van der Waals surface area contributed by atoms with E-state index >= 15 is 0 Å². The minimum Gasteiger partial charge on any atom is -0.316 e. The Morgan fingerprint density at radius 3 is 2.00 bits per heavy atom. The van der Waals surface area contributed by atoms with E-state index in [1.54, 1.807) is 0 Å². The first-order chi connectivity index (χ1) is 8.88. The molecule has 1 nitrogen and oxygen atoms in total. The summed E-state index contributed by atoms with van der Waals surface area (Å²) in [6.07, 6.45) is 0.706. The van der Waals surface area contributed by atoms with Crippen molar-refractivity contribution in [2.24, 2.45) is 17.8 Å². The fourth-order valence-corrected chi connectivity index (χ4v) is 2.13. The molecule has 1 atom stereocenters. The lowest BCUT2D eigenvalue weighted by molar-refractivity contribution is 0.352. The van der Waals surface area contributed by atoms with Crippen molar-refractivity contribution in [3.63, 3.8) is 0 Å². The van der Waals surface area contributed by atoms with Gasteiger partial charge >= 0.3 is 0 Å². The number of hydrogen-bond donors (Lipinski definition) is 1. The Morgan fingerprint density at radius 2 is 1.53 bits per heavy atom. The first-order valence-electron chi connectivity index (χ1n) is 7.04. The van der Waals surface area contributed by atoms with Crippen molar-refractivity contribution in [3.05, 3.63) is 35.4 Å². The van der Waals surface area contributed by atoms with Crippen molar-refractivity contribution in [3.8, 4) is 0 Å². The van der Waals surface area contributed by atoms with Crippen molar-refractivity contribution in [2.75, 3.05) is 13.1 Å². The van der Waals surface area contributed by atoms with Crippen LogP contribution in [0.15, 0.2) is 18.2 Å². The first-order valence-corrected chi connectivity index (χ1v) is 7.04. The fraction of sp³-hybridized carbons (Fsp3) is 0.625. The third-order valence-corrected chi connectivity index (χ3v) is 3.32. The molecule has 0 heterocycles. The topological polar surface area (TPSA) is 12.0 Å². The van der Waals surface area contributed by atoms with Gasteiger partial charge in [0.15, 0.2) is 0 Å². The van der Waals surface area contributed by atoms with Crippen molar-refractivity contribution in [1.82, 2.24) is 5.32 Å². The van der Waals surface area contributed by atoms with E-state index in [9.17, 15) is 8.78 Å². The molecule has 0 amide bonds. The monoisotopic (exact) mass is 269 g/mol. The average molecular weight is 269 g/mol. The van der Waals surface area contributed by atoms with Gasteiger partial charge in [0.25, 0.3) is 0 Å². The largest absolute Gasteiger partial charge is 0.316 e. The zero-order valence-corrected chi connectivity index (χ0v) is 12.3. The highest BCUT2D eigenvalue weighted by Gasteiger charge is 2.15. The van der Waals surface area contributed by atoms with Crippen LogP contribution in [0.4, 0.5) is 8.78 Å². The summed E-state index contributed by atoms with van der Waals surface area (Å²) in [6.45, 7) is 10.5. The summed E-state index contributed by atoms with van der Waals surface area (Å²) in [5.74, 6) is 0.491. The van der Waals surface area contributed by atoms with Crippen LogP contribution in [0.1, 0.15) is 33.3 Å². The van der Waals surface area contributed by atoms with Crippen LogP contribution >= 0.6 is 0 Å². The van der Waals surface area contributed by atoms with Gasteiger partial charge in [-0.15, -0.1) is 0 Å². The zero-order valence-electron chi connectivity index (χ0n) is 12.3. The van der Waals surface area contributed by atoms with Gasteiger partial charge in [0.1, 0.15) is 11.6 Å². The summed E-state index contributed by atoms with van der Waals surface area (Å²) < 4.78 is 26.4. The van der Waals surface area contributed by atoms with Gasteiger partial charge in [-0.2, -0.15) is 0 Å². The number of benzene rings is 1. The molecular formula is C16H25F2N. The predicted molar refractivity (Wildman–Crippen MR) is 76.1 cm³/mol. The molecule has 0 bridgehead atoms. The molecule has 1 rings (SSSR count). The molecule has 3 heteroatoms. The number of nitrogens with one attached hydrogen (secondary N) is 1. The van der Waals surface area contributed by atoms with Crippen LogP contribution in [0.25, 0.3) is 0 Å². The maximum Gasteiger partial charge on any atom is 0.126 e. The number of hydrogen-bond acceptors (Lipinski definition) is 1. The molecule has 0 spiro atoms. The van der Waals surface area contributed by atoms with E-state index in [0.717, 1.165) is 24.7 Å². The molecular weight excluding hydrogens is 244 g/mol. The van der Waals surface area contributed by atoms with Crippen LogP contribution in [0.3, 0.4) is 0 Å². The van der Waals surface area contributed by atoms with Crippen LogP contribution in [-0.4, -0.2) is 13.1 Å². The van der Waals surface area contributed by atoms with Crippen molar-refractivity contribution in [1.29, 1.82) is 0 Å². The maximum atomic E-state index is 13.2. The van der Waals surface area contributed by atoms with Gasteiger partial charge in [0, 0.05) is 6.07 Å². The summed E-state index contributed by atoms with van der Waals surface area (Å²) in [5.41, 5.74) is 0.738. The molecule has 1 N–H and O–H groups in total. The minimum atomic E-state index is -0.493. The van der Waals surface area contributed by atoms with Crippen LogP contribution in [0.5, 0.6) is 0 Å². The molecule has 0 aromatic heterocycles. The molecule has 0 radical (unpaired) electrons. The van der Waals surface area contributed by atoms with E-state index in [-0.39, 0.29) is 0 Å². The summed E-state index contributed by atoms with van der Waals surface area (Å²) in [6, 6.07) is 3.78. The Bertz CT molecular complexity index is 368. The van der Waals surface area contributed by atoms with E-state index in [1.807, 2.05) is 0 Å². The average Bonchev–Trinajstić information content (AvgIpc) is 2.25. The van der Waals surface area contributed by atoms with E-state index in [1.165, 1.54) is 12.1 Å². The standard InChI is InChI=1S/C16H25F2N/c1-11(2)9-19-10-14(12(3)4)5-13-6-15(17)8-16(18)7-13/h6-8,11-12,14,19H,5,9-10H2,1-4H3. The molecule has 19 heavy (non-hydrogen) atoms. The number of halogens is 2. The Hall–Kier alpha value is -0.960. The van der Waals surface area contributed by atoms with Crippen LogP contribution in [0.2, 0.25) is 0 Å². The van der Waals surface area contributed by atoms with Crippen molar-refractivity contribution < 1.29 is 8.78 Å². The quantitative estimate of drug-likeness (QED) is 0.788. The Morgan fingerprint density at radius 1 is 0.947 bits per heavy atom. The highest BCUT2D eigenvalue weighted by molar-refractivity contribution is 5.18. The molecule has 0 fully saturated rings. The normalized spacial score (nSPS) is 13.3. The van der Waals surface area contributed by atoms with E-state index in [2.05, 4.69) is 33.0 Å². The van der Waals surface area contributed by atoms with Gasteiger partial charge in [0.05, 0.1) is 0 Å². The van der Waals surface area contributed by atoms with Gasteiger partial charge in [-0.3, -0.25) is 0 Å². The molecule has 0 saturated heterocycles. The maximum absolute atomic E-state index is 13.2. The molecule has 1 aromatic carbocycles. The molecule has 0 aliphatic rings. The molecule has 0 aliphatic carbocycles. The lowest BCUT2D eigenvalue weighted by atomic mass is 9.89. The second-order valence-electron chi connectivity index (χ2n) is 6.04. The summed E-state index contributed by atoms with van der Waals surface area (Å²) in [4.78, 5) is 0. The summed E-state index contributed by atoms with van der Waals surface area (Å²) in [5, 5.41) is 3.43. The second-order valence-corrected chi connectivity index (χ2v) is 6.04. The number of rotatable bonds is 7. The van der Waals surface area contributed by atoms with Gasteiger partial charge in [-0.1, -0.05) is 27.7 Å². The second kappa shape index (κ2) is 7.59. The summed E-state index contributed by atoms with van der Waals surface area (Å²) in [7, 11) is 0. The Kier molecular flexibility index (Phi) is 6.43. The predicted octanol–water partition coefficient (Wildman–Crippen LogP) is 4.03. The van der Waals surface area contributed by atoms with Crippen LogP contribution in [0, 0.1) is 29.4 Å². The SMILES string of the molecule is CC(C)CNCC(Cc1cc(F)cc(F)c1)C(C)C. The Labute approximate surface area is 115 Å². The van der Waals surface area contributed by atoms with Gasteiger partial charge < -0.3 is 5.32 Å². The lowest BCUT2D eigenvalue weighted by Crippen LogP contribution is -2.30. The molecule has 0 aliphatic heterocycles. The van der Waals surface area contributed by atoms with E-state index in [4.69, 9.17) is 0 Å². The highest BCUT2D eigenvalue weighted by Crippen LogP contribution is 2.18. The van der Waals surface area contributed by atoms with Gasteiger partial charge in [-0.05, 0) is 55.0 Å². The molecule has 1 aromatic rings. The highest BCUT2D eigenvalue weighted by atomic mass is 19.1. The van der Waals surface area contributed by atoms with Gasteiger partial charge in [-0.25, -0.2) is 8.78 Å². The van der Waals surface area contributed by atoms with E-state index < -0.39 is 11.6 Å². The minimum absolute atomic E-state index is 0.389. The van der Waals surface area contributed by atoms with Crippen LogP contribution < -0.4 is 5.32 Å². The smallest absolute Gasteiger partial charge is 0.126 e. The molecule has 0 saturated carbocycles. The molecule has 1 unspecified atom stereocenters. The Balaban J connectivity index is 2.62. The third kappa shape index (κ3) is 6.15. The summed E-state index contributed by atoms with van der Waals surface area (Å²) >= 11 is 0. The van der Waals surface area contributed by atoms with Crippen LogP contribution in [-0.2, 0) is 6.42 Å².